The van der Waals surface area contributed by atoms with Crippen LogP contribution in [-0.4, -0.2) is 57.2 Å². The predicted molar refractivity (Wildman–Crippen MR) is 109 cm³/mol. The number of ether oxygens (including phenoxy) is 2. The SMILES string of the molecule is CN=C(NCc1ccc(C(=O)N(C)C)cc1)NCC1COc2ccccc2O1. The van der Waals surface area contributed by atoms with Crippen LogP contribution in [0.2, 0.25) is 0 Å². The van der Waals surface area contributed by atoms with Gasteiger partial charge in [0, 0.05) is 33.3 Å². The first-order valence-corrected chi connectivity index (χ1v) is 9.20. The number of hydrogen-bond acceptors (Lipinski definition) is 4. The number of benzene rings is 2. The summed E-state index contributed by atoms with van der Waals surface area (Å²) in [6.45, 7) is 1.66. The molecule has 28 heavy (non-hydrogen) atoms. The van der Waals surface area contributed by atoms with Crippen LogP contribution in [0.25, 0.3) is 0 Å². The highest BCUT2D eigenvalue weighted by Gasteiger charge is 2.20. The Kier molecular flexibility index (Phi) is 6.37. The molecule has 0 saturated heterocycles. The van der Waals surface area contributed by atoms with Crippen LogP contribution >= 0.6 is 0 Å². The number of carbonyl (C=O) groups excluding carboxylic acids is 1. The van der Waals surface area contributed by atoms with Crippen molar-refractivity contribution in [3.05, 3.63) is 59.7 Å². The molecule has 0 saturated carbocycles. The van der Waals surface area contributed by atoms with Gasteiger partial charge in [-0.2, -0.15) is 0 Å². The molecule has 1 aliphatic rings. The summed E-state index contributed by atoms with van der Waals surface area (Å²) in [5.41, 5.74) is 1.73. The largest absolute Gasteiger partial charge is 0.486 e. The molecule has 0 fully saturated rings. The van der Waals surface area contributed by atoms with E-state index in [2.05, 4.69) is 15.6 Å². The van der Waals surface area contributed by atoms with E-state index in [9.17, 15) is 4.79 Å². The lowest BCUT2D eigenvalue weighted by molar-refractivity contribution is 0.0827. The maximum atomic E-state index is 11.9. The van der Waals surface area contributed by atoms with E-state index >= 15 is 0 Å². The summed E-state index contributed by atoms with van der Waals surface area (Å²) in [6, 6.07) is 15.2. The van der Waals surface area contributed by atoms with Crippen molar-refractivity contribution in [2.24, 2.45) is 4.99 Å². The van der Waals surface area contributed by atoms with Crippen molar-refractivity contribution in [3.63, 3.8) is 0 Å². The Labute approximate surface area is 165 Å². The van der Waals surface area contributed by atoms with Gasteiger partial charge in [-0.05, 0) is 29.8 Å². The second-order valence-electron chi connectivity index (χ2n) is 6.70. The summed E-state index contributed by atoms with van der Waals surface area (Å²) in [5, 5.41) is 6.52. The molecule has 0 aliphatic carbocycles. The van der Waals surface area contributed by atoms with E-state index in [-0.39, 0.29) is 12.0 Å². The Balaban J connectivity index is 1.47. The highest BCUT2D eigenvalue weighted by molar-refractivity contribution is 5.93. The molecule has 0 spiro atoms. The fourth-order valence-electron chi connectivity index (χ4n) is 2.80. The monoisotopic (exact) mass is 382 g/mol. The summed E-state index contributed by atoms with van der Waals surface area (Å²) in [4.78, 5) is 17.7. The Morgan fingerprint density at radius 2 is 1.82 bits per heavy atom. The van der Waals surface area contributed by atoms with Gasteiger partial charge in [-0.15, -0.1) is 0 Å². The van der Waals surface area contributed by atoms with Crippen LogP contribution in [0.4, 0.5) is 0 Å². The number of fused-ring (bicyclic) bond motifs is 1. The molecule has 2 aromatic carbocycles. The maximum absolute atomic E-state index is 11.9. The normalized spacial score (nSPS) is 15.7. The molecule has 0 bridgehead atoms. The summed E-state index contributed by atoms with van der Waals surface area (Å²) in [7, 11) is 5.21. The molecule has 0 radical (unpaired) electrons. The molecule has 1 atom stereocenters. The van der Waals surface area contributed by atoms with Gasteiger partial charge < -0.3 is 25.0 Å². The predicted octanol–water partition coefficient (Wildman–Crippen LogP) is 1.89. The van der Waals surface area contributed by atoms with Crippen molar-refractivity contribution in [2.75, 3.05) is 34.3 Å². The third-order valence-electron chi connectivity index (χ3n) is 4.36. The third-order valence-corrected chi connectivity index (χ3v) is 4.36. The topological polar surface area (TPSA) is 75.2 Å². The minimum Gasteiger partial charge on any atom is -0.486 e. The molecule has 1 unspecified atom stereocenters. The average molecular weight is 382 g/mol. The Bertz CT molecular complexity index is 834. The van der Waals surface area contributed by atoms with Crippen molar-refractivity contribution in [1.82, 2.24) is 15.5 Å². The quantitative estimate of drug-likeness (QED) is 0.610. The molecule has 2 N–H and O–H groups in total. The van der Waals surface area contributed by atoms with Gasteiger partial charge in [0.2, 0.25) is 0 Å². The van der Waals surface area contributed by atoms with Gasteiger partial charge in [0.15, 0.2) is 17.5 Å². The highest BCUT2D eigenvalue weighted by Crippen LogP contribution is 2.30. The van der Waals surface area contributed by atoms with Gasteiger partial charge in [0.1, 0.15) is 12.7 Å². The molecule has 1 amide bonds. The Morgan fingerprint density at radius 3 is 2.50 bits per heavy atom. The lowest BCUT2D eigenvalue weighted by Crippen LogP contribution is -2.45. The van der Waals surface area contributed by atoms with Gasteiger partial charge in [-0.25, -0.2) is 0 Å². The number of nitrogens with zero attached hydrogens (tertiary/aromatic N) is 2. The second-order valence-corrected chi connectivity index (χ2v) is 6.70. The molecule has 148 valence electrons. The lowest BCUT2D eigenvalue weighted by Gasteiger charge is -2.27. The maximum Gasteiger partial charge on any atom is 0.253 e. The summed E-state index contributed by atoms with van der Waals surface area (Å²) < 4.78 is 11.7. The van der Waals surface area contributed by atoms with E-state index in [1.807, 2.05) is 48.5 Å². The first-order valence-electron chi connectivity index (χ1n) is 9.20. The number of carbonyl (C=O) groups is 1. The van der Waals surface area contributed by atoms with Gasteiger partial charge in [-0.1, -0.05) is 24.3 Å². The number of para-hydroxylation sites is 2. The lowest BCUT2D eigenvalue weighted by atomic mass is 10.1. The molecule has 3 rings (SSSR count). The molecule has 2 aromatic rings. The fourth-order valence-corrected chi connectivity index (χ4v) is 2.80. The van der Waals surface area contributed by atoms with Crippen molar-refractivity contribution in [2.45, 2.75) is 12.6 Å². The van der Waals surface area contributed by atoms with E-state index in [0.29, 0.717) is 31.2 Å². The van der Waals surface area contributed by atoms with Gasteiger partial charge in [0.25, 0.3) is 5.91 Å². The zero-order chi connectivity index (χ0) is 19.9. The number of amides is 1. The highest BCUT2D eigenvalue weighted by atomic mass is 16.6. The van der Waals surface area contributed by atoms with Crippen molar-refractivity contribution in [1.29, 1.82) is 0 Å². The van der Waals surface area contributed by atoms with Crippen molar-refractivity contribution < 1.29 is 14.3 Å². The molecular weight excluding hydrogens is 356 g/mol. The molecular formula is C21H26N4O3. The zero-order valence-electron chi connectivity index (χ0n) is 16.4. The smallest absolute Gasteiger partial charge is 0.253 e. The standard InChI is InChI=1S/C21H26N4O3/c1-22-21(23-12-15-8-10-16(11-9-15)20(26)25(2)3)24-13-17-14-27-18-6-4-5-7-19(18)28-17/h4-11,17H,12-14H2,1-3H3,(H2,22,23,24). The van der Waals surface area contributed by atoms with Gasteiger partial charge in [-0.3, -0.25) is 9.79 Å². The minimum atomic E-state index is -0.0928. The third kappa shape index (κ3) is 4.94. The second kappa shape index (κ2) is 9.12. The van der Waals surface area contributed by atoms with E-state index in [4.69, 9.17) is 9.47 Å². The summed E-state index contributed by atoms with van der Waals surface area (Å²) in [6.07, 6.45) is -0.0928. The molecule has 1 heterocycles. The fraction of sp³-hybridized carbons (Fsp3) is 0.333. The van der Waals surface area contributed by atoms with Gasteiger partial charge in [0.05, 0.1) is 6.54 Å². The van der Waals surface area contributed by atoms with Crippen LogP contribution in [0.3, 0.4) is 0 Å². The molecule has 7 nitrogen and oxygen atoms in total. The number of rotatable bonds is 5. The van der Waals surface area contributed by atoms with Crippen LogP contribution < -0.4 is 20.1 Å². The van der Waals surface area contributed by atoms with Crippen molar-refractivity contribution in [3.8, 4) is 11.5 Å². The Morgan fingerprint density at radius 1 is 1.11 bits per heavy atom. The van der Waals surface area contributed by atoms with Crippen molar-refractivity contribution >= 4 is 11.9 Å². The van der Waals surface area contributed by atoms with E-state index in [1.165, 1.54) is 0 Å². The summed E-state index contributed by atoms with van der Waals surface area (Å²) in [5.74, 6) is 2.21. The first-order chi connectivity index (χ1) is 13.6. The van der Waals surface area contributed by atoms with Crippen LogP contribution in [0, 0.1) is 0 Å². The van der Waals surface area contributed by atoms with E-state index in [0.717, 1.165) is 17.1 Å². The molecule has 1 aliphatic heterocycles. The van der Waals surface area contributed by atoms with Crippen LogP contribution in [0.1, 0.15) is 15.9 Å². The van der Waals surface area contributed by atoms with Crippen LogP contribution in [0.15, 0.2) is 53.5 Å². The van der Waals surface area contributed by atoms with Gasteiger partial charge >= 0.3 is 0 Å². The van der Waals surface area contributed by atoms with Crippen LogP contribution in [-0.2, 0) is 6.54 Å². The first kappa shape index (κ1) is 19.5. The number of guanidine groups is 1. The Hall–Kier alpha value is -3.22. The number of aliphatic imine (C=N–C) groups is 1. The zero-order valence-corrected chi connectivity index (χ0v) is 16.4. The van der Waals surface area contributed by atoms with Crippen LogP contribution in [0.5, 0.6) is 11.5 Å². The van der Waals surface area contributed by atoms with E-state index in [1.54, 1.807) is 26.0 Å². The van der Waals surface area contributed by atoms with E-state index < -0.39 is 0 Å². The summed E-state index contributed by atoms with van der Waals surface area (Å²) >= 11 is 0. The molecule has 7 heteroatoms. The number of nitrogens with one attached hydrogen (secondary N) is 2. The molecule has 0 aromatic heterocycles. The average Bonchev–Trinajstić information content (AvgIpc) is 2.73. The number of hydrogen-bond donors (Lipinski definition) is 2. The minimum absolute atomic E-state index is 0.00624.